The molecule has 0 saturated carbocycles. The molecule has 2 unspecified atom stereocenters. The Morgan fingerprint density at radius 3 is 2.36 bits per heavy atom. The summed E-state index contributed by atoms with van der Waals surface area (Å²) >= 11 is 0. The van der Waals surface area contributed by atoms with Crippen molar-refractivity contribution < 1.29 is 16.8 Å². The number of hydrogen-bond acceptors (Lipinski definition) is 5. The van der Waals surface area contributed by atoms with Crippen molar-refractivity contribution in [1.29, 1.82) is 0 Å². The maximum atomic E-state index is 13.0. The number of rotatable bonds is 3. The Morgan fingerprint density at radius 2 is 1.86 bits per heavy atom. The molecule has 0 spiro atoms. The molecule has 0 N–H and O–H groups in total. The van der Waals surface area contributed by atoms with Gasteiger partial charge in [0.05, 0.1) is 22.4 Å². The van der Waals surface area contributed by atoms with Crippen molar-refractivity contribution in [2.45, 2.75) is 57.4 Å². The van der Waals surface area contributed by atoms with Crippen LogP contribution in [0.4, 0.5) is 0 Å². The third-order valence-electron chi connectivity index (χ3n) is 4.48. The summed E-state index contributed by atoms with van der Waals surface area (Å²) in [6.07, 6.45) is 0. The first-order valence-corrected chi connectivity index (χ1v) is 10.5. The van der Waals surface area contributed by atoms with Crippen LogP contribution < -0.4 is 0 Å². The lowest BCUT2D eigenvalue weighted by Crippen LogP contribution is -2.54. The van der Waals surface area contributed by atoms with Crippen molar-refractivity contribution in [2.75, 3.05) is 12.3 Å². The first kappa shape index (κ1) is 17.4. The molecule has 0 radical (unpaired) electrons. The zero-order valence-electron chi connectivity index (χ0n) is 13.6. The summed E-state index contributed by atoms with van der Waals surface area (Å²) in [7, 11) is -6.99. The number of aryl methyl sites for hydroxylation is 2. The third-order valence-corrected chi connectivity index (χ3v) is 9.00. The Morgan fingerprint density at radius 1 is 1.27 bits per heavy atom. The molecule has 1 aliphatic heterocycles. The van der Waals surface area contributed by atoms with E-state index >= 15 is 0 Å². The molecule has 7 nitrogen and oxygen atoms in total. The lowest BCUT2D eigenvalue weighted by Gasteiger charge is -2.36. The summed E-state index contributed by atoms with van der Waals surface area (Å²) in [6, 6.07) is -0.590. The second-order valence-electron chi connectivity index (χ2n) is 5.74. The van der Waals surface area contributed by atoms with Crippen LogP contribution in [-0.2, 0) is 26.4 Å². The predicted octanol–water partition coefficient (Wildman–Crippen LogP) is 0.716. The highest BCUT2D eigenvalue weighted by Crippen LogP contribution is 2.29. The van der Waals surface area contributed by atoms with Crippen molar-refractivity contribution in [1.82, 2.24) is 14.1 Å². The Bertz CT molecular complexity index is 780. The van der Waals surface area contributed by atoms with Gasteiger partial charge in [0.15, 0.2) is 9.84 Å². The van der Waals surface area contributed by atoms with E-state index in [1.54, 1.807) is 32.4 Å². The van der Waals surface area contributed by atoms with Gasteiger partial charge in [0, 0.05) is 19.1 Å². The van der Waals surface area contributed by atoms with Gasteiger partial charge in [-0.15, -0.1) is 0 Å². The van der Waals surface area contributed by atoms with E-state index < -0.39 is 31.2 Å². The van der Waals surface area contributed by atoms with E-state index in [2.05, 4.69) is 5.10 Å². The second-order valence-corrected chi connectivity index (χ2v) is 10.0. The van der Waals surface area contributed by atoms with Gasteiger partial charge in [0.2, 0.25) is 10.0 Å². The number of nitrogens with zero attached hydrogens (tertiary/aromatic N) is 3. The SMILES string of the molecule is CCn1nc(C)c(S(=O)(=O)N2CCS(=O)(=O)C(C)C2C)c1C. The van der Waals surface area contributed by atoms with Crippen LogP contribution in [0.2, 0.25) is 0 Å². The van der Waals surface area contributed by atoms with Gasteiger partial charge in [0.25, 0.3) is 0 Å². The van der Waals surface area contributed by atoms with Gasteiger partial charge in [-0.1, -0.05) is 0 Å². The summed E-state index contributed by atoms with van der Waals surface area (Å²) in [5, 5.41) is 3.54. The minimum absolute atomic E-state index is 0.00758. The summed E-state index contributed by atoms with van der Waals surface area (Å²) in [6.45, 7) is 9.08. The molecule has 2 rings (SSSR count). The van der Waals surface area contributed by atoms with Crippen LogP contribution in [0, 0.1) is 13.8 Å². The normalized spacial score (nSPS) is 26.2. The van der Waals surface area contributed by atoms with Gasteiger partial charge < -0.3 is 0 Å². The van der Waals surface area contributed by atoms with Crippen LogP contribution >= 0.6 is 0 Å². The number of sulfonamides is 1. The average molecular weight is 349 g/mol. The molecule has 22 heavy (non-hydrogen) atoms. The van der Waals surface area contributed by atoms with Crippen molar-refractivity contribution in [3.05, 3.63) is 11.4 Å². The highest BCUT2D eigenvalue weighted by molar-refractivity contribution is 7.92. The minimum atomic E-state index is -3.76. The maximum absolute atomic E-state index is 13.0. The van der Waals surface area contributed by atoms with Gasteiger partial charge >= 0.3 is 0 Å². The lowest BCUT2D eigenvalue weighted by atomic mass is 10.2. The number of aromatic nitrogens is 2. The van der Waals surface area contributed by atoms with Crippen molar-refractivity contribution in [3.8, 4) is 0 Å². The molecule has 1 saturated heterocycles. The molecule has 9 heteroatoms. The van der Waals surface area contributed by atoms with E-state index in [-0.39, 0.29) is 17.2 Å². The summed E-state index contributed by atoms with van der Waals surface area (Å²) in [4.78, 5) is 0.202. The van der Waals surface area contributed by atoms with Crippen LogP contribution in [0.15, 0.2) is 4.90 Å². The highest BCUT2D eigenvalue weighted by atomic mass is 32.2. The third kappa shape index (κ3) is 2.59. The monoisotopic (exact) mass is 349 g/mol. The van der Waals surface area contributed by atoms with E-state index in [1.807, 2.05) is 6.92 Å². The topological polar surface area (TPSA) is 89.3 Å². The van der Waals surface area contributed by atoms with Gasteiger partial charge in [-0.2, -0.15) is 9.40 Å². The molecular weight excluding hydrogens is 326 g/mol. The standard InChI is InChI=1S/C13H23N3O4S2/c1-6-15-11(4)13(9(2)14-15)22(19,20)16-7-8-21(17,18)12(5)10(16)3/h10,12H,6-8H2,1-5H3. The molecule has 1 aromatic rings. The van der Waals surface area contributed by atoms with Crippen LogP contribution in [0.25, 0.3) is 0 Å². The molecule has 1 fully saturated rings. The molecule has 2 atom stereocenters. The van der Waals surface area contributed by atoms with E-state index in [1.165, 1.54) is 4.31 Å². The fourth-order valence-electron chi connectivity index (χ4n) is 2.96. The van der Waals surface area contributed by atoms with Crippen LogP contribution in [0.3, 0.4) is 0 Å². The smallest absolute Gasteiger partial charge is 0.247 e. The Labute approximate surface area is 132 Å². The van der Waals surface area contributed by atoms with Crippen LogP contribution in [-0.4, -0.2) is 54.5 Å². The summed E-state index contributed by atoms with van der Waals surface area (Å²) in [5.41, 5.74) is 1.04. The molecule has 0 bridgehead atoms. The molecule has 1 aliphatic rings. The van der Waals surface area contributed by atoms with Crippen LogP contribution in [0.1, 0.15) is 32.2 Å². The Hall–Kier alpha value is -0.930. The molecule has 1 aromatic heterocycles. The Balaban J connectivity index is 2.51. The molecular formula is C13H23N3O4S2. The van der Waals surface area contributed by atoms with Crippen molar-refractivity contribution in [2.24, 2.45) is 0 Å². The minimum Gasteiger partial charge on any atom is -0.268 e. The van der Waals surface area contributed by atoms with E-state index in [0.717, 1.165) is 0 Å². The largest absolute Gasteiger partial charge is 0.268 e. The lowest BCUT2D eigenvalue weighted by molar-refractivity contribution is 0.327. The fraction of sp³-hybridized carbons (Fsp3) is 0.769. The first-order valence-electron chi connectivity index (χ1n) is 7.31. The fourth-order valence-corrected chi connectivity index (χ4v) is 6.80. The predicted molar refractivity (Wildman–Crippen MR) is 84.0 cm³/mol. The van der Waals surface area contributed by atoms with Crippen molar-refractivity contribution in [3.63, 3.8) is 0 Å². The molecule has 126 valence electrons. The maximum Gasteiger partial charge on any atom is 0.247 e. The molecule has 0 aromatic carbocycles. The average Bonchev–Trinajstić information content (AvgIpc) is 2.70. The number of sulfone groups is 1. The quantitative estimate of drug-likeness (QED) is 0.802. The zero-order valence-corrected chi connectivity index (χ0v) is 15.2. The van der Waals surface area contributed by atoms with E-state index in [9.17, 15) is 16.8 Å². The number of hydrogen-bond donors (Lipinski definition) is 0. The molecule has 0 aliphatic carbocycles. The Kier molecular flexibility index (Phi) is 4.44. The summed E-state index contributed by atoms with van der Waals surface area (Å²) < 4.78 is 52.9. The molecule has 2 heterocycles. The van der Waals surface area contributed by atoms with Gasteiger partial charge in [-0.3, -0.25) is 4.68 Å². The van der Waals surface area contributed by atoms with Gasteiger partial charge in [-0.25, -0.2) is 16.8 Å². The van der Waals surface area contributed by atoms with Crippen LogP contribution in [0.5, 0.6) is 0 Å². The second kappa shape index (κ2) is 5.61. The van der Waals surface area contributed by atoms with E-state index in [0.29, 0.717) is 17.9 Å². The first-order chi connectivity index (χ1) is 10.0. The zero-order chi connectivity index (χ0) is 16.9. The van der Waals surface area contributed by atoms with Crippen molar-refractivity contribution >= 4 is 19.9 Å². The summed E-state index contributed by atoms with van der Waals surface area (Å²) in [5.74, 6) is -0.141. The highest BCUT2D eigenvalue weighted by Gasteiger charge is 2.43. The van der Waals surface area contributed by atoms with Gasteiger partial charge in [-0.05, 0) is 34.6 Å². The van der Waals surface area contributed by atoms with Gasteiger partial charge in [0.1, 0.15) is 4.90 Å². The molecule has 0 amide bonds. The van der Waals surface area contributed by atoms with E-state index in [4.69, 9.17) is 0 Å².